The van der Waals surface area contributed by atoms with Gasteiger partial charge < -0.3 is 5.11 Å². The molecule has 0 radical (unpaired) electrons. The van der Waals surface area contributed by atoms with Crippen molar-refractivity contribution in [2.75, 3.05) is 0 Å². The summed E-state index contributed by atoms with van der Waals surface area (Å²) in [7, 11) is 0. The van der Waals surface area contributed by atoms with Gasteiger partial charge in [-0.1, -0.05) is 103 Å². The minimum atomic E-state index is -1.13. The summed E-state index contributed by atoms with van der Waals surface area (Å²) in [6.45, 7) is 2.26. The summed E-state index contributed by atoms with van der Waals surface area (Å²) in [5.41, 5.74) is 0. The number of hydrogen-bond acceptors (Lipinski definition) is 3. The van der Waals surface area contributed by atoms with Gasteiger partial charge >= 0.3 is 5.97 Å². The van der Waals surface area contributed by atoms with Crippen molar-refractivity contribution in [2.24, 2.45) is 0 Å². The molecule has 1 N–H and O–H groups in total. The molecule has 0 rings (SSSR count). The Morgan fingerprint density at radius 3 is 1.52 bits per heavy atom. The number of aliphatic carboxylic acids is 1. The van der Waals surface area contributed by atoms with Gasteiger partial charge in [0, 0.05) is 17.4 Å². The molecule has 0 saturated carbocycles. The third kappa shape index (κ3) is 19.2. The van der Waals surface area contributed by atoms with E-state index in [1.54, 1.807) is 0 Å². The second-order valence-corrected chi connectivity index (χ2v) is 7.64. The van der Waals surface area contributed by atoms with Crippen LogP contribution < -0.4 is 0 Å². The molecule has 0 amide bonds. The quantitative estimate of drug-likeness (QED) is 0.107. The first-order valence-corrected chi connectivity index (χ1v) is 11.1. The molecule has 27 heavy (non-hydrogen) atoms. The highest BCUT2D eigenvalue weighted by molar-refractivity contribution is 5.79. The molecule has 1 atom stereocenters. The van der Waals surface area contributed by atoms with E-state index in [1.807, 2.05) is 0 Å². The number of nitro groups is 1. The van der Waals surface area contributed by atoms with E-state index in [0.29, 0.717) is 6.42 Å². The van der Waals surface area contributed by atoms with Gasteiger partial charge in [-0.05, 0) is 12.5 Å². The van der Waals surface area contributed by atoms with Gasteiger partial charge in [-0.3, -0.25) is 10.1 Å². The van der Waals surface area contributed by atoms with Gasteiger partial charge in [-0.2, -0.15) is 0 Å². The third-order valence-electron chi connectivity index (χ3n) is 5.09. The number of carbonyl (C=O) groups is 1. The molecule has 0 aromatic rings. The van der Waals surface area contributed by atoms with Crippen LogP contribution in [0.4, 0.5) is 0 Å². The minimum Gasteiger partial charge on any atom is -0.478 e. The van der Waals surface area contributed by atoms with E-state index in [-0.39, 0.29) is 0 Å². The molecule has 158 valence electrons. The molecule has 1 unspecified atom stereocenters. The number of rotatable bonds is 20. The van der Waals surface area contributed by atoms with Crippen molar-refractivity contribution in [3.8, 4) is 0 Å². The summed E-state index contributed by atoms with van der Waals surface area (Å²) in [6, 6.07) is -0.868. The van der Waals surface area contributed by atoms with Gasteiger partial charge in [0.05, 0.1) is 0 Å². The van der Waals surface area contributed by atoms with Gasteiger partial charge in [0.15, 0.2) is 0 Å². The molecule has 5 nitrogen and oxygen atoms in total. The van der Waals surface area contributed by atoms with Crippen LogP contribution in [0.2, 0.25) is 0 Å². The summed E-state index contributed by atoms with van der Waals surface area (Å²) in [5.74, 6) is -1.13. The molecule has 0 spiro atoms. The largest absolute Gasteiger partial charge is 0.478 e. The molecule has 0 heterocycles. The van der Waals surface area contributed by atoms with E-state index in [4.69, 9.17) is 5.11 Å². The van der Waals surface area contributed by atoms with Crippen LogP contribution in [0.5, 0.6) is 0 Å². The Morgan fingerprint density at radius 2 is 1.19 bits per heavy atom. The minimum absolute atomic E-state index is 0.398. The van der Waals surface area contributed by atoms with Crippen molar-refractivity contribution in [1.82, 2.24) is 0 Å². The Labute approximate surface area is 165 Å². The van der Waals surface area contributed by atoms with E-state index in [1.165, 1.54) is 89.5 Å². The zero-order valence-corrected chi connectivity index (χ0v) is 17.4. The van der Waals surface area contributed by atoms with E-state index >= 15 is 0 Å². The number of nitrogens with zero attached hydrogens (tertiary/aromatic N) is 1. The summed E-state index contributed by atoms with van der Waals surface area (Å²) in [4.78, 5) is 20.9. The van der Waals surface area contributed by atoms with Crippen molar-refractivity contribution in [2.45, 2.75) is 122 Å². The van der Waals surface area contributed by atoms with Crippen LogP contribution in [-0.4, -0.2) is 22.0 Å². The van der Waals surface area contributed by atoms with Crippen LogP contribution in [0, 0.1) is 10.1 Å². The average molecular weight is 384 g/mol. The summed E-state index contributed by atoms with van der Waals surface area (Å²) < 4.78 is 0. The SMILES string of the molecule is CCCCCCCCCCCCCCCCCCC(/C=C/C(=O)O)[N+](=O)[O-]. The van der Waals surface area contributed by atoms with Crippen molar-refractivity contribution in [1.29, 1.82) is 0 Å². The Bertz CT molecular complexity index is 396. The summed E-state index contributed by atoms with van der Waals surface area (Å²) >= 11 is 0. The number of carboxylic acids is 1. The van der Waals surface area contributed by atoms with Crippen molar-refractivity contribution in [3.05, 3.63) is 22.3 Å². The Hall–Kier alpha value is -1.39. The fourth-order valence-electron chi connectivity index (χ4n) is 3.37. The third-order valence-corrected chi connectivity index (χ3v) is 5.09. The van der Waals surface area contributed by atoms with Crippen molar-refractivity contribution < 1.29 is 14.8 Å². The maximum absolute atomic E-state index is 10.9. The molecule has 0 aliphatic carbocycles. The Kier molecular flexibility index (Phi) is 18.4. The van der Waals surface area contributed by atoms with E-state index in [2.05, 4.69) is 6.92 Å². The molecule has 0 aliphatic rings. The average Bonchev–Trinajstić information content (AvgIpc) is 2.63. The fourth-order valence-corrected chi connectivity index (χ4v) is 3.37. The van der Waals surface area contributed by atoms with Crippen LogP contribution in [-0.2, 0) is 4.79 Å². The van der Waals surface area contributed by atoms with Crippen LogP contribution in [0.3, 0.4) is 0 Å². The maximum Gasteiger partial charge on any atom is 0.328 e. The molecule has 5 heteroatoms. The highest BCUT2D eigenvalue weighted by Gasteiger charge is 2.15. The second-order valence-electron chi connectivity index (χ2n) is 7.64. The topological polar surface area (TPSA) is 80.4 Å². The van der Waals surface area contributed by atoms with Gasteiger partial charge in [-0.15, -0.1) is 0 Å². The lowest BCUT2D eigenvalue weighted by Crippen LogP contribution is -2.16. The first-order chi connectivity index (χ1) is 13.1. The smallest absolute Gasteiger partial charge is 0.328 e. The number of unbranched alkanes of at least 4 members (excludes halogenated alkanes) is 15. The van der Waals surface area contributed by atoms with Crippen molar-refractivity contribution >= 4 is 5.97 Å². The molecule has 0 saturated heterocycles. The first kappa shape index (κ1) is 25.6. The number of hydrogen-bond donors (Lipinski definition) is 1. The Morgan fingerprint density at radius 1 is 0.815 bits per heavy atom. The van der Waals surface area contributed by atoms with Gasteiger partial charge in [0.2, 0.25) is 6.04 Å². The molecule has 0 fully saturated rings. The van der Waals surface area contributed by atoms with Crippen molar-refractivity contribution in [3.63, 3.8) is 0 Å². The zero-order valence-electron chi connectivity index (χ0n) is 17.4. The van der Waals surface area contributed by atoms with Crippen LogP contribution in [0.1, 0.15) is 116 Å². The molecule has 0 aromatic heterocycles. The fraction of sp³-hybridized carbons (Fsp3) is 0.864. The predicted molar refractivity (Wildman–Crippen MR) is 112 cm³/mol. The first-order valence-electron chi connectivity index (χ1n) is 11.1. The molecule has 0 aliphatic heterocycles. The van der Waals surface area contributed by atoms with Crippen LogP contribution >= 0.6 is 0 Å². The highest BCUT2D eigenvalue weighted by atomic mass is 16.6. The zero-order chi connectivity index (χ0) is 20.2. The number of carboxylic acid groups (broad SMARTS) is 1. The summed E-state index contributed by atoms with van der Waals surface area (Å²) in [6.07, 6.45) is 22.9. The molecule has 0 bridgehead atoms. The van der Waals surface area contributed by atoms with Gasteiger partial charge in [-0.25, -0.2) is 4.79 Å². The lowest BCUT2D eigenvalue weighted by molar-refractivity contribution is -0.510. The van der Waals surface area contributed by atoms with E-state index < -0.39 is 16.9 Å². The molecular formula is C22H41NO4. The molecular weight excluding hydrogens is 342 g/mol. The lowest BCUT2D eigenvalue weighted by atomic mass is 10.0. The summed E-state index contributed by atoms with van der Waals surface area (Å²) in [5, 5.41) is 19.4. The van der Waals surface area contributed by atoms with Gasteiger partial charge in [0.1, 0.15) is 0 Å². The van der Waals surface area contributed by atoms with E-state index in [9.17, 15) is 14.9 Å². The predicted octanol–water partition coefficient (Wildman–Crippen LogP) is 6.92. The van der Waals surface area contributed by atoms with Crippen LogP contribution in [0.25, 0.3) is 0 Å². The normalized spacial score (nSPS) is 12.5. The Balaban J connectivity index is 3.35. The monoisotopic (exact) mass is 383 g/mol. The lowest BCUT2D eigenvalue weighted by Gasteiger charge is -2.05. The standard InChI is InChI=1S/C22H41NO4/c1-2-3-4-5-6-7-8-9-10-11-12-13-14-15-16-17-18-21(23(26)27)19-20-22(24)25/h19-21H,2-18H2,1H3,(H,24,25)/b20-19+. The van der Waals surface area contributed by atoms with Crippen LogP contribution in [0.15, 0.2) is 12.2 Å². The second kappa shape index (κ2) is 19.4. The van der Waals surface area contributed by atoms with E-state index in [0.717, 1.165) is 25.3 Å². The van der Waals surface area contributed by atoms with Gasteiger partial charge in [0.25, 0.3) is 0 Å². The highest BCUT2D eigenvalue weighted by Crippen LogP contribution is 2.15. The maximum atomic E-state index is 10.9. The molecule has 0 aromatic carbocycles.